The summed E-state index contributed by atoms with van der Waals surface area (Å²) < 4.78 is 20.7. The number of carbonyl (C=O) groups is 1. The Labute approximate surface area is 214 Å². The highest BCUT2D eigenvalue weighted by molar-refractivity contribution is 8.00. The standard InChI is InChI=1S/C28H30FN3O3S/c1-6-35-27(34)22(13-17-8-7-9-18(12-17)26-30-15-19(29)16-31-26)24-25(36-28(2,3)4)21-14-20(33)10-11-23(21)32(24)5/h7-12,14-16,22,33H,6,13H2,1-5H3. The normalized spacial score (nSPS) is 12.6. The molecule has 0 aliphatic heterocycles. The molecule has 0 aliphatic rings. The van der Waals surface area contributed by atoms with E-state index in [1.54, 1.807) is 30.8 Å². The number of ether oxygens (including phenoxy) is 1. The maximum atomic E-state index is 13.4. The van der Waals surface area contributed by atoms with Gasteiger partial charge in [-0.25, -0.2) is 14.4 Å². The minimum atomic E-state index is -0.585. The number of esters is 1. The van der Waals surface area contributed by atoms with E-state index in [2.05, 4.69) is 30.7 Å². The number of phenols is 1. The number of thioether (sulfide) groups is 1. The van der Waals surface area contributed by atoms with Crippen LogP contribution < -0.4 is 0 Å². The fourth-order valence-corrected chi connectivity index (χ4v) is 5.56. The first kappa shape index (κ1) is 25.7. The van der Waals surface area contributed by atoms with Crippen molar-refractivity contribution in [2.24, 2.45) is 7.05 Å². The van der Waals surface area contributed by atoms with Gasteiger partial charge in [-0.2, -0.15) is 0 Å². The van der Waals surface area contributed by atoms with E-state index in [4.69, 9.17) is 4.74 Å². The number of hydrogen-bond donors (Lipinski definition) is 1. The second-order valence-corrected chi connectivity index (χ2v) is 11.5. The second kappa shape index (κ2) is 10.3. The Morgan fingerprint density at radius 1 is 1.17 bits per heavy atom. The van der Waals surface area contributed by atoms with E-state index in [9.17, 15) is 14.3 Å². The van der Waals surface area contributed by atoms with Crippen LogP contribution in [0.2, 0.25) is 0 Å². The van der Waals surface area contributed by atoms with Crippen LogP contribution in [0.5, 0.6) is 5.75 Å². The lowest BCUT2D eigenvalue weighted by molar-refractivity contribution is -0.145. The molecule has 2 heterocycles. The first-order chi connectivity index (χ1) is 17.1. The van der Waals surface area contributed by atoms with Gasteiger partial charge in [-0.05, 0) is 43.2 Å². The molecular weight excluding hydrogens is 477 g/mol. The summed E-state index contributed by atoms with van der Waals surface area (Å²) in [6, 6.07) is 12.9. The van der Waals surface area contributed by atoms with Gasteiger partial charge >= 0.3 is 5.97 Å². The van der Waals surface area contributed by atoms with Crippen molar-refractivity contribution in [3.8, 4) is 17.1 Å². The Morgan fingerprint density at radius 3 is 2.56 bits per heavy atom. The molecule has 0 amide bonds. The van der Waals surface area contributed by atoms with Gasteiger partial charge in [-0.1, -0.05) is 39.0 Å². The highest BCUT2D eigenvalue weighted by Gasteiger charge is 2.32. The summed E-state index contributed by atoms with van der Waals surface area (Å²) in [6.45, 7) is 8.43. The van der Waals surface area contributed by atoms with E-state index >= 15 is 0 Å². The number of phenolic OH excluding ortho intramolecular Hbond substituents is 1. The van der Waals surface area contributed by atoms with E-state index in [1.807, 2.05) is 41.9 Å². The average Bonchev–Trinajstić information content (AvgIpc) is 3.07. The van der Waals surface area contributed by atoms with Gasteiger partial charge in [0.2, 0.25) is 0 Å². The molecule has 1 N–H and O–H groups in total. The molecule has 6 nitrogen and oxygen atoms in total. The van der Waals surface area contributed by atoms with Gasteiger partial charge in [0.1, 0.15) is 11.7 Å². The summed E-state index contributed by atoms with van der Waals surface area (Å²) in [6.07, 6.45) is 2.66. The number of carbonyl (C=O) groups excluding carboxylic acids is 1. The van der Waals surface area contributed by atoms with E-state index in [1.165, 1.54) is 0 Å². The summed E-state index contributed by atoms with van der Waals surface area (Å²) in [5.41, 5.74) is 3.41. The fraction of sp³-hybridized carbons (Fsp3) is 0.321. The van der Waals surface area contributed by atoms with Gasteiger partial charge in [0.15, 0.2) is 11.6 Å². The third-order valence-electron chi connectivity index (χ3n) is 5.73. The number of nitrogens with zero attached hydrogens (tertiary/aromatic N) is 3. The number of aryl methyl sites for hydroxylation is 1. The van der Waals surface area contributed by atoms with E-state index in [0.29, 0.717) is 12.2 Å². The van der Waals surface area contributed by atoms with Gasteiger partial charge in [0.25, 0.3) is 0 Å². The number of rotatable bonds is 7. The van der Waals surface area contributed by atoms with Gasteiger partial charge in [-0.15, -0.1) is 11.8 Å². The lowest BCUT2D eigenvalue weighted by atomic mass is 9.94. The minimum absolute atomic E-state index is 0.131. The predicted molar refractivity (Wildman–Crippen MR) is 141 cm³/mol. The number of aromatic hydroxyl groups is 1. The van der Waals surface area contributed by atoms with Gasteiger partial charge in [0.05, 0.1) is 19.0 Å². The van der Waals surface area contributed by atoms with Crippen molar-refractivity contribution >= 4 is 28.6 Å². The van der Waals surface area contributed by atoms with E-state index in [-0.39, 0.29) is 23.1 Å². The van der Waals surface area contributed by atoms with Crippen molar-refractivity contribution in [1.29, 1.82) is 0 Å². The van der Waals surface area contributed by atoms with Crippen molar-refractivity contribution in [2.75, 3.05) is 6.61 Å². The number of hydrogen-bond acceptors (Lipinski definition) is 6. The van der Waals surface area contributed by atoms with Gasteiger partial charge in [0, 0.05) is 38.9 Å². The molecule has 8 heteroatoms. The summed E-state index contributed by atoms with van der Waals surface area (Å²) >= 11 is 1.67. The Bertz CT molecular complexity index is 1390. The van der Waals surface area contributed by atoms with Crippen LogP contribution in [0.25, 0.3) is 22.3 Å². The van der Waals surface area contributed by atoms with Crippen molar-refractivity contribution in [3.05, 3.63) is 71.9 Å². The van der Waals surface area contributed by atoms with Crippen molar-refractivity contribution in [1.82, 2.24) is 14.5 Å². The molecule has 36 heavy (non-hydrogen) atoms. The lowest BCUT2D eigenvalue weighted by Crippen LogP contribution is -2.22. The summed E-state index contributed by atoms with van der Waals surface area (Å²) in [4.78, 5) is 22.5. The molecule has 0 aliphatic carbocycles. The quantitative estimate of drug-likeness (QED) is 0.235. The fourth-order valence-electron chi connectivity index (χ4n) is 4.29. The third kappa shape index (κ3) is 5.54. The molecular formula is C28H30FN3O3S. The van der Waals surface area contributed by atoms with E-state index < -0.39 is 11.7 Å². The Kier molecular flexibility index (Phi) is 7.36. The van der Waals surface area contributed by atoms with Crippen LogP contribution >= 0.6 is 11.8 Å². The van der Waals surface area contributed by atoms with Gasteiger partial charge in [-0.3, -0.25) is 4.79 Å². The van der Waals surface area contributed by atoms with Crippen LogP contribution in [-0.2, 0) is 23.0 Å². The largest absolute Gasteiger partial charge is 0.508 e. The zero-order valence-corrected chi connectivity index (χ0v) is 21.9. The first-order valence-corrected chi connectivity index (χ1v) is 12.6. The summed E-state index contributed by atoms with van der Waals surface area (Å²) in [5, 5.41) is 11.1. The van der Waals surface area contributed by atoms with Gasteiger partial charge < -0.3 is 14.4 Å². The molecule has 188 valence electrons. The molecule has 0 radical (unpaired) electrons. The number of benzene rings is 2. The number of aromatic nitrogens is 3. The molecule has 0 fully saturated rings. The third-order valence-corrected chi connectivity index (χ3v) is 6.98. The molecule has 0 bridgehead atoms. The molecule has 2 aromatic heterocycles. The summed E-state index contributed by atoms with van der Waals surface area (Å²) in [7, 11) is 1.94. The molecule has 0 saturated carbocycles. The molecule has 4 aromatic rings. The maximum Gasteiger partial charge on any atom is 0.315 e. The molecule has 2 aromatic carbocycles. The predicted octanol–water partition coefficient (Wildman–Crippen LogP) is 6.26. The topological polar surface area (TPSA) is 77.2 Å². The smallest absolute Gasteiger partial charge is 0.315 e. The number of halogens is 1. The number of fused-ring (bicyclic) bond motifs is 1. The molecule has 4 rings (SSSR count). The molecule has 1 unspecified atom stereocenters. The monoisotopic (exact) mass is 507 g/mol. The van der Waals surface area contributed by atoms with Crippen LogP contribution in [0, 0.1) is 5.82 Å². The molecule has 0 saturated heterocycles. The van der Waals surface area contributed by atoms with Crippen LogP contribution in [0.15, 0.2) is 59.8 Å². The van der Waals surface area contributed by atoms with Crippen molar-refractivity contribution in [2.45, 2.75) is 49.7 Å². The lowest BCUT2D eigenvalue weighted by Gasteiger charge is -2.23. The van der Waals surface area contributed by atoms with Crippen LogP contribution in [-0.4, -0.2) is 37.0 Å². The Hall–Kier alpha value is -3.39. The maximum absolute atomic E-state index is 13.4. The first-order valence-electron chi connectivity index (χ1n) is 11.8. The average molecular weight is 508 g/mol. The van der Waals surface area contributed by atoms with Crippen LogP contribution in [0.3, 0.4) is 0 Å². The summed E-state index contributed by atoms with van der Waals surface area (Å²) in [5.74, 6) is -0.807. The molecule has 0 spiro atoms. The van der Waals surface area contributed by atoms with Crippen LogP contribution in [0.1, 0.15) is 44.9 Å². The highest BCUT2D eigenvalue weighted by atomic mass is 32.2. The highest BCUT2D eigenvalue weighted by Crippen LogP contribution is 2.45. The Morgan fingerprint density at radius 2 is 1.89 bits per heavy atom. The SMILES string of the molecule is CCOC(=O)C(Cc1cccc(-c2ncc(F)cn2)c1)c1c(SC(C)(C)C)c2cc(O)ccc2n1C. The van der Waals surface area contributed by atoms with Crippen molar-refractivity contribution < 1.29 is 19.0 Å². The minimum Gasteiger partial charge on any atom is -0.508 e. The zero-order chi connectivity index (χ0) is 26.0. The Balaban J connectivity index is 1.84. The second-order valence-electron chi connectivity index (χ2n) is 9.62. The zero-order valence-electron chi connectivity index (χ0n) is 21.1. The molecule has 1 atom stereocenters. The van der Waals surface area contributed by atoms with Crippen LogP contribution in [0.4, 0.5) is 4.39 Å². The van der Waals surface area contributed by atoms with E-state index in [0.717, 1.165) is 45.0 Å². The van der Waals surface area contributed by atoms with Crippen molar-refractivity contribution in [3.63, 3.8) is 0 Å².